The van der Waals surface area contributed by atoms with Gasteiger partial charge in [-0.3, -0.25) is 0 Å². The number of hydrogen-bond donors (Lipinski definition) is 1. The molecule has 0 saturated carbocycles. The van der Waals surface area contributed by atoms with Crippen LogP contribution in [0.25, 0.3) is 0 Å². The maximum Gasteiger partial charge on any atom is 0.0637 e. The lowest BCUT2D eigenvalue weighted by Crippen LogP contribution is -2.06. The van der Waals surface area contributed by atoms with Crippen molar-refractivity contribution in [3.8, 4) is 0 Å². The summed E-state index contributed by atoms with van der Waals surface area (Å²) in [6, 6.07) is 16.2. The highest BCUT2D eigenvalue weighted by Crippen LogP contribution is 2.26. The van der Waals surface area contributed by atoms with Gasteiger partial charge in [0.15, 0.2) is 0 Å². The van der Waals surface area contributed by atoms with E-state index in [1.165, 1.54) is 5.56 Å². The van der Waals surface area contributed by atoms with Gasteiger partial charge >= 0.3 is 0 Å². The van der Waals surface area contributed by atoms with Crippen molar-refractivity contribution in [3.05, 3.63) is 63.6 Å². The molecular weight excluding hydrogens is 298 g/mol. The molecule has 2 aromatic carbocycles. The second-order valence-electron chi connectivity index (χ2n) is 3.90. The highest BCUT2D eigenvalue weighted by atomic mass is 79.9. The molecule has 0 aliphatic rings. The molecule has 17 heavy (non-hydrogen) atoms. The van der Waals surface area contributed by atoms with E-state index in [1.54, 1.807) is 0 Å². The van der Waals surface area contributed by atoms with Gasteiger partial charge in [-0.15, -0.1) is 0 Å². The van der Waals surface area contributed by atoms with E-state index < -0.39 is 0 Å². The van der Waals surface area contributed by atoms with Gasteiger partial charge in [-0.1, -0.05) is 51.8 Å². The maximum absolute atomic E-state index is 6.12. The van der Waals surface area contributed by atoms with Gasteiger partial charge < -0.3 is 5.32 Å². The van der Waals surface area contributed by atoms with E-state index in [9.17, 15) is 0 Å². The lowest BCUT2D eigenvalue weighted by Gasteiger charge is -2.16. The fourth-order valence-corrected chi connectivity index (χ4v) is 2.28. The van der Waals surface area contributed by atoms with Crippen LogP contribution >= 0.6 is 27.5 Å². The molecule has 0 bridgehead atoms. The molecule has 1 N–H and O–H groups in total. The molecule has 2 rings (SSSR count). The predicted molar refractivity (Wildman–Crippen MR) is 77.6 cm³/mol. The molecule has 1 unspecified atom stereocenters. The van der Waals surface area contributed by atoms with Crippen molar-refractivity contribution in [2.45, 2.75) is 13.0 Å². The highest BCUT2D eigenvalue weighted by Gasteiger charge is 2.07. The van der Waals surface area contributed by atoms with Gasteiger partial charge in [0.25, 0.3) is 0 Å². The van der Waals surface area contributed by atoms with E-state index in [-0.39, 0.29) is 6.04 Å². The summed E-state index contributed by atoms with van der Waals surface area (Å²) in [4.78, 5) is 0. The van der Waals surface area contributed by atoms with Gasteiger partial charge in [-0.2, -0.15) is 0 Å². The Morgan fingerprint density at radius 1 is 1.12 bits per heavy atom. The molecule has 0 radical (unpaired) electrons. The first kappa shape index (κ1) is 12.5. The molecule has 3 heteroatoms. The van der Waals surface area contributed by atoms with Crippen molar-refractivity contribution < 1.29 is 0 Å². The van der Waals surface area contributed by atoms with E-state index in [0.29, 0.717) is 0 Å². The van der Waals surface area contributed by atoms with Gasteiger partial charge in [0.2, 0.25) is 0 Å². The summed E-state index contributed by atoms with van der Waals surface area (Å²) in [5.41, 5.74) is 2.18. The fourth-order valence-electron chi connectivity index (χ4n) is 1.67. The number of hydrogen-bond acceptors (Lipinski definition) is 1. The van der Waals surface area contributed by atoms with Crippen LogP contribution in [0.2, 0.25) is 5.02 Å². The predicted octanol–water partition coefficient (Wildman–Crippen LogP) is 5.28. The monoisotopic (exact) mass is 309 g/mol. The minimum atomic E-state index is 0.215. The Balaban J connectivity index is 2.17. The second kappa shape index (κ2) is 5.56. The van der Waals surface area contributed by atoms with E-state index >= 15 is 0 Å². The van der Waals surface area contributed by atoms with Crippen molar-refractivity contribution in [1.29, 1.82) is 0 Å². The summed E-state index contributed by atoms with van der Waals surface area (Å²) < 4.78 is 1.09. The average Bonchev–Trinajstić information content (AvgIpc) is 2.32. The SMILES string of the molecule is CC(Nc1ccccc1Cl)c1cccc(Br)c1. The van der Waals surface area contributed by atoms with E-state index in [0.717, 1.165) is 15.2 Å². The number of anilines is 1. The summed E-state index contributed by atoms with van der Waals surface area (Å²) in [6.45, 7) is 2.12. The molecule has 0 fully saturated rings. The minimum absolute atomic E-state index is 0.215. The van der Waals surface area contributed by atoms with Crippen LogP contribution in [-0.2, 0) is 0 Å². The van der Waals surface area contributed by atoms with Crippen molar-refractivity contribution in [3.63, 3.8) is 0 Å². The van der Waals surface area contributed by atoms with Gasteiger partial charge in [-0.25, -0.2) is 0 Å². The summed E-state index contributed by atoms with van der Waals surface area (Å²) in [5, 5.41) is 4.15. The largest absolute Gasteiger partial charge is 0.377 e. The lowest BCUT2D eigenvalue weighted by molar-refractivity contribution is 0.884. The Bertz CT molecular complexity index is 513. The Kier molecular flexibility index (Phi) is 4.08. The second-order valence-corrected chi connectivity index (χ2v) is 5.22. The number of para-hydroxylation sites is 1. The highest BCUT2D eigenvalue weighted by molar-refractivity contribution is 9.10. The summed E-state index contributed by atoms with van der Waals surface area (Å²) in [6.07, 6.45) is 0. The third kappa shape index (κ3) is 3.24. The molecule has 1 atom stereocenters. The normalized spacial score (nSPS) is 12.2. The molecule has 1 nitrogen and oxygen atoms in total. The van der Waals surface area contributed by atoms with E-state index in [2.05, 4.69) is 40.3 Å². The first-order chi connectivity index (χ1) is 8.16. The third-order valence-electron chi connectivity index (χ3n) is 2.59. The van der Waals surface area contributed by atoms with Gasteiger partial charge in [0.05, 0.1) is 10.7 Å². The van der Waals surface area contributed by atoms with Gasteiger partial charge in [0.1, 0.15) is 0 Å². The minimum Gasteiger partial charge on any atom is -0.377 e. The number of nitrogens with one attached hydrogen (secondary N) is 1. The Hall–Kier alpha value is -0.990. The molecule has 88 valence electrons. The third-order valence-corrected chi connectivity index (χ3v) is 3.42. The fraction of sp³-hybridized carbons (Fsp3) is 0.143. The van der Waals surface area contributed by atoms with Crippen LogP contribution in [-0.4, -0.2) is 0 Å². The topological polar surface area (TPSA) is 12.0 Å². The summed E-state index contributed by atoms with van der Waals surface area (Å²) in [7, 11) is 0. The van der Waals surface area contributed by atoms with Crippen LogP contribution in [0.1, 0.15) is 18.5 Å². The Labute approximate surface area is 115 Å². The van der Waals surface area contributed by atoms with Crippen LogP contribution in [0.5, 0.6) is 0 Å². The van der Waals surface area contributed by atoms with Gasteiger partial charge in [0, 0.05) is 10.5 Å². The summed E-state index contributed by atoms with van der Waals surface area (Å²) >= 11 is 9.59. The number of rotatable bonds is 3. The maximum atomic E-state index is 6.12. The molecule has 0 aromatic heterocycles. The van der Waals surface area contributed by atoms with Crippen molar-refractivity contribution in [1.82, 2.24) is 0 Å². The van der Waals surface area contributed by atoms with E-state index in [4.69, 9.17) is 11.6 Å². The molecule has 2 aromatic rings. The molecule has 0 spiro atoms. The average molecular weight is 311 g/mol. The quantitative estimate of drug-likeness (QED) is 0.813. The summed E-state index contributed by atoms with van der Waals surface area (Å²) in [5.74, 6) is 0. The van der Waals surface area contributed by atoms with E-state index in [1.807, 2.05) is 36.4 Å². The molecule has 0 heterocycles. The van der Waals surface area contributed by atoms with Crippen LogP contribution in [0.3, 0.4) is 0 Å². The molecule has 0 aliphatic heterocycles. The number of benzene rings is 2. The van der Waals surface area contributed by atoms with Crippen LogP contribution in [0, 0.1) is 0 Å². The smallest absolute Gasteiger partial charge is 0.0637 e. The van der Waals surface area contributed by atoms with Crippen molar-refractivity contribution >= 4 is 33.2 Å². The van der Waals surface area contributed by atoms with Crippen LogP contribution < -0.4 is 5.32 Å². The molecule has 0 amide bonds. The van der Waals surface area contributed by atoms with Gasteiger partial charge in [-0.05, 0) is 36.8 Å². The zero-order valence-electron chi connectivity index (χ0n) is 9.45. The zero-order valence-corrected chi connectivity index (χ0v) is 11.8. The van der Waals surface area contributed by atoms with Crippen LogP contribution in [0.15, 0.2) is 53.0 Å². The Morgan fingerprint density at radius 3 is 2.59 bits per heavy atom. The number of halogens is 2. The van der Waals surface area contributed by atoms with Crippen molar-refractivity contribution in [2.75, 3.05) is 5.32 Å². The molecule has 0 aliphatic carbocycles. The lowest BCUT2D eigenvalue weighted by atomic mass is 10.1. The standard InChI is InChI=1S/C14H13BrClN/c1-10(11-5-4-6-12(15)9-11)17-14-8-3-2-7-13(14)16/h2-10,17H,1H3. The molecular formula is C14H13BrClN. The molecule has 0 saturated heterocycles. The Morgan fingerprint density at radius 2 is 1.88 bits per heavy atom. The first-order valence-corrected chi connectivity index (χ1v) is 6.60. The van der Waals surface area contributed by atoms with Crippen molar-refractivity contribution in [2.24, 2.45) is 0 Å². The zero-order chi connectivity index (χ0) is 12.3. The van der Waals surface area contributed by atoms with Crippen LogP contribution in [0.4, 0.5) is 5.69 Å². The first-order valence-electron chi connectivity index (χ1n) is 5.43.